The molecule has 0 bridgehead atoms. The van der Waals surface area contributed by atoms with Crippen molar-refractivity contribution in [1.29, 1.82) is 0 Å². The zero-order valence-electron chi connectivity index (χ0n) is 11.6. The molecule has 0 aliphatic heterocycles. The molecule has 1 aliphatic carbocycles. The molecule has 0 amide bonds. The molecule has 0 aromatic heterocycles. The van der Waals surface area contributed by atoms with Crippen molar-refractivity contribution < 1.29 is 24.2 Å². The molecule has 18 heavy (non-hydrogen) atoms. The maximum atomic E-state index is 11.6. The molecule has 1 fully saturated rings. The summed E-state index contributed by atoms with van der Waals surface area (Å²) in [4.78, 5) is 23.1. The van der Waals surface area contributed by atoms with Crippen LogP contribution in [0.1, 0.15) is 27.7 Å². The Balaban J connectivity index is 2.71. The number of ether oxygens (including phenoxy) is 2. The van der Waals surface area contributed by atoms with Crippen LogP contribution in [0.4, 0.5) is 0 Å². The van der Waals surface area contributed by atoms with E-state index in [4.69, 9.17) is 9.47 Å². The monoisotopic (exact) mass is 258 g/mol. The Morgan fingerprint density at radius 3 is 2.39 bits per heavy atom. The van der Waals surface area contributed by atoms with Gasteiger partial charge in [-0.1, -0.05) is 13.8 Å². The number of esters is 2. The van der Waals surface area contributed by atoms with Crippen LogP contribution in [-0.2, 0) is 19.1 Å². The van der Waals surface area contributed by atoms with E-state index in [1.807, 2.05) is 13.8 Å². The predicted molar refractivity (Wildman–Crippen MR) is 64.6 cm³/mol. The fourth-order valence-electron chi connectivity index (χ4n) is 2.62. The minimum Gasteiger partial charge on any atom is -0.469 e. The highest BCUT2D eigenvalue weighted by atomic mass is 16.5. The summed E-state index contributed by atoms with van der Waals surface area (Å²) in [5.41, 5.74) is -0.340. The van der Waals surface area contributed by atoms with E-state index in [0.717, 1.165) is 0 Å². The molecule has 0 spiro atoms. The maximum absolute atomic E-state index is 11.6. The van der Waals surface area contributed by atoms with Gasteiger partial charge in [0.25, 0.3) is 0 Å². The largest absolute Gasteiger partial charge is 0.469 e. The Morgan fingerprint density at radius 2 is 1.94 bits per heavy atom. The summed E-state index contributed by atoms with van der Waals surface area (Å²) in [5, 5.41) is 10.2. The van der Waals surface area contributed by atoms with Crippen LogP contribution in [-0.4, -0.2) is 36.9 Å². The zero-order valence-corrected chi connectivity index (χ0v) is 11.6. The Hall–Kier alpha value is -1.10. The van der Waals surface area contributed by atoms with Crippen LogP contribution in [0, 0.1) is 23.2 Å². The van der Waals surface area contributed by atoms with Gasteiger partial charge in [-0.2, -0.15) is 0 Å². The summed E-state index contributed by atoms with van der Waals surface area (Å²) >= 11 is 0. The molecule has 0 aromatic carbocycles. The fourth-order valence-corrected chi connectivity index (χ4v) is 2.62. The van der Waals surface area contributed by atoms with Crippen LogP contribution in [0.5, 0.6) is 0 Å². The Bertz CT molecular complexity index is 336. The van der Waals surface area contributed by atoms with E-state index in [1.165, 1.54) is 7.11 Å². The highest BCUT2D eigenvalue weighted by Gasteiger charge is 2.66. The van der Waals surface area contributed by atoms with Crippen molar-refractivity contribution in [2.45, 2.75) is 33.8 Å². The van der Waals surface area contributed by atoms with Gasteiger partial charge >= 0.3 is 11.9 Å². The summed E-state index contributed by atoms with van der Waals surface area (Å²) in [6, 6.07) is 0. The number of carbonyl (C=O) groups excluding carboxylic acids is 2. The molecule has 1 N–H and O–H groups in total. The van der Waals surface area contributed by atoms with E-state index in [2.05, 4.69) is 0 Å². The lowest BCUT2D eigenvalue weighted by molar-refractivity contribution is -0.153. The molecule has 4 unspecified atom stereocenters. The Kier molecular flexibility index (Phi) is 4.37. The molecule has 0 saturated heterocycles. The van der Waals surface area contributed by atoms with Gasteiger partial charge in [0, 0.05) is 5.92 Å². The average Bonchev–Trinajstić information content (AvgIpc) is 2.89. The minimum atomic E-state index is -0.886. The number of carbonyl (C=O) groups is 2. The smallest absolute Gasteiger partial charge is 0.311 e. The first-order valence-corrected chi connectivity index (χ1v) is 6.21. The van der Waals surface area contributed by atoms with Crippen LogP contribution < -0.4 is 0 Å². The van der Waals surface area contributed by atoms with E-state index in [-0.39, 0.29) is 29.8 Å². The quantitative estimate of drug-likeness (QED) is 0.744. The molecule has 1 saturated carbocycles. The van der Waals surface area contributed by atoms with Gasteiger partial charge in [-0.15, -0.1) is 0 Å². The lowest BCUT2D eigenvalue weighted by Crippen LogP contribution is -2.31. The van der Waals surface area contributed by atoms with Crippen LogP contribution in [0.3, 0.4) is 0 Å². The van der Waals surface area contributed by atoms with E-state index in [0.29, 0.717) is 0 Å². The number of methoxy groups -OCH3 is 1. The molecule has 0 radical (unpaired) electrons. The second kappa shape index (κ2) is 5.26. The van der Waals surface area contributed by atoms with Crippen molar-refractivity contribution in [2.24, 2.45) is 23.2 Å². The number of aliphatic hydroxyl groups is 1. The average molecular weight is 258 g/mol. The Morgan fingerprint density at radius 1 is 1.39 bits per heavy atom. The lowest BCUT2D eigenvalue weighted by atomic mass is 9.96. The summed E-state index contributed by atoms with van der Waals surface area (Å²) in [6.45, 7) is 7.39. The van der Waals surface area contributed by atoms with Crippen molar-refractivity contribution in [3.05, 3.63) is 0 Å². The number of rotatable bonds is 5. The third kappa shape index (κ3) is 2.51. The van der Waals surface area contributed by atoms with Crippen molar-refractivity contribution >= 4 is 11.9 Å². The molecule has 1 rings (SSSR count). The topological polar surface area (TPSA) is 72.8 Å². The molecule has 1 aliphatic rings. The number of aliphatic hydroxyl groups excluding tert-OH is 1. The summed E-state index contributed by atoms with van der Waals surface area (Å²) in [6.07, 6.45) is -0.886. The van der Waals surface area contributed by atoms with E-state index in [1.54, 1.807) is 13.8 Å². The standard InChI is InChI=1S/C13H22O5/c1-6-18-11(15)7(2)10(14)8-9(12(16)17-5)13(8,3)4/h7-10,14H,6H2,1-5H3. The SMILES string of the molecule is CCOC(=O)C(C)C(O)C1C(C(=O)OC)C1(C)C. The molecular weight excluding hydrogens is 236 g/mol. The van der Waals surface area contributed by atoms with Crippen molar-refractivity contribution in [3.8, 4) is 0 Å². The highest BCUT2D eigenvalue weighted by Crippen LogP contribution is 2.61. The minimum absolute atomic E-state index is 0.260. The molecule has 0 aromatic rings. The van der Waals surface area contributed by atoms with Crippen LogP contribution in [0.25, 0.3) is 0 Å². The zero-order chi connectivity index (χ0) is 14.1. The van der Waals surface area contributed by atoms with Gasteiger partial charge in [0.1, 0.15) is 0 Å². The van der Waals surface area contributed by atoms with Gasteiger partial charge in [0.15, 0.2) is 0 Å². The molecular formula is C13H22O5. The third-order valence-corrected chi connectivity index (χ3v) is 3.90. The number of hydrogen-bond acceptors (Lipinski definition) is 5. The normalized spacial score (nSPS) is 28.1. The van der Waals surface area contributed by atoms with Gasteiger partial charge in [-0.25, -0.2) is 0 Å². The van der Waals surface area contributed by atoms with Gasteiger partial charge in [0.2, 0.25) is 0 Å². The van der Waals surface area contributed by atoms with E-state index < -0.39 is 18.0 Å². The van der Waals surface area contributed by atoms with Crippen molar-refractivity contribution in [3.63, 3.8) is 0 Å². The van der Waals surface area contributed by atoms with Gasteiger partial charge < -0.3 is 14.6 Å². The van der Waals surface area contributed by atoms with Crippen molar-refractivity contribution in [2.75, 3.05) is 13.7 Å². The first-order chi connectivity index (χ1) is 8.28. The van der Waals surface area contributed by atoms with Gasteiger partial charge in [-0.3, -0.25) is 9.59 Å². The molecule has 104 valence electrons. The lowest BCUT2D eigenvalue weighted by Gasteiger charge is -2.18. The molecule has 5 heteroatoms. The first kappa shape index (κ1) is 15.0. The summed E-state index contributed by atoms with van der Waals surface area (Å²) in [7, 11) is 1.33. The van der Waals surface area contributed by atoms with Crippen LogP contribution in [0.15, 0.2) is 0 Å². The third-order valence-electron chi connectivity index (χ3n) is 3.90. The van der Waals surface area contributed by atoms with Crippen molar-refractivity contribution in [1.82, 2.24) is 0 Å². The number of hydrogen-bond donors (Lipinski definition) is 1. The Labute approximate surface area is 107 Å². The maximum Gasteiger partial charge on any atom is 0.311 e. The molecule has 0 heterocycles. The van der Waals surface area contributed by atoms with E-state index >= 15 is 0 Å². The summed E-state index contributed by atoms with van der Waals surface area (Å²) < 4.78 is 9.59. The fraction of sp³-hybridized carbons (Fsp3) is 0.846. The van der Waals surface area contributed by atoms with Gasteiger partial charge in [-0.05, 0) is 19.3 Å². The highest BCUT2D eigenvalue weighted by molar-refractivity contribution is 5.78. The van der Waals surface area contributed by atoms with Crippen LogP contribution in [0.2, 0.25) is 0 Å². The summed E-state index contributed by atoms with van der Waals surface area (Å²) in [5.74, 6) is -2.01. The second-order valence-corrected chi connectivity index (χ2v) is 5.38. The molecule has 5 nitrogen and oxygen atoms in total. The van der Waals surface area contributed by atoms with Crippen LogP contribution >= 0.6 is 0 Å². The van der Waals surface area contributed by atoms with Gasteiger partial charge in [0.05, 0.1) is 31.7 Å². The van der Waals surface area contributed by atoms with E-state index in [9.17, 15) is 14.7 Å². The molecule has 4 atom stereocenters. The predicted octanol–water partition coefficient (Wildman–Crippen LogP) is 0.992. The first-order valence-electron chi connectivity index (χ1n) is 6.21. The second-order valence-electron chi connectivity index (χ2n) is 5.38.